The third-order valence-electron chi connectivity index (χ3n) is 3.17. The molecule has 3 nitrogen and oxygen atoms in total. The Balaban J connectivity index is 2.18. The van der Waals surface area contributed by atoms with E-state index < -0.39 is 5.82 Å². The maximum Gasteiger partial charge on any atom is 0.137 e. The van der Waals surface area contributed by atoms with Gasteiger partial charge in [-0.3, -0.25) is 0 Å². The van der Waals surface area contributed by atoms with Crippen LogP contribution >= 0.6 is 11.6 Å². The van der Waals surface area contributed by atoms with E-state index in [2.05, 4.69) is 5.32 Å². The van der Waals surface area contributed by atoms with Gasteiger partial charge in [-0.2, -0.15) is 5.26 Å². The van der Waals surface area contributed by atoms with E-state index in [0.717, 1.165) is 5.56 Å². The molecule has 0 aromatic heterocycles. The molecule has 0 aliphatic rings. The first-order chi connectivity index (χ1) is 10.0. The summed E-state index contributed by atoms with van der Waals surface area (Å²) in [6.07, 6.45) is 0. The molecule has 2 aromatic rings. The normalized spacial score (nSPS) is 10.0. The third-order valence-corrected chi connectivity index (χ3v) is 3.47. The van der Waals surface area contributed by atoms with Crippen molar-refractivity contribution in [2.75, 3.05) is 12.4 Å². The lowest BCUT2D eigenvalue weighted by Gasteiger charge is -2.12. The van der Waals surface area contributed by atoms with E-state index in [1.807, 2.05) is 12.1 Å². The standard InChI is InChI=1S/C16H14ClFN2O/c1-10-14(18)6-12(8-19)7-15(10)20-9-11-3-4-16(21-2)13(17)5-11/h3-7,20H,9H2,1-2H3. The maximum atomic E-state index is 13.7. The van der Waals surface area contributed by atoms with Crippen LogP contribution in [0.5, 0.6) is 5.75 Å². The quantitative estimate of drug-likeness (QED) is 0.917. The van der Waals surface area contributed by atoms with E-state index in [1.54, 1.807) is 32.2 Å². The molecule has 0 saturated carbocycles. The molecule has 2 aromatic carbocycles. The Morgan fingerprint density at radius 2 is 2.10 bits per heavy atom. The number of hydrogen-bond donors (Lipinski definition) is 1. The van der Waals surface area contributed by atoms with E-state index in [4.69, 9.17) is 21.6 Å². The Kier molecular flexibility index (Phi) is 4.66. The fourth-order valence-electron chi connectivity index (χ4n) is 1.94. The first kappa shape index (κ1) is 15.1. The minimum absolute atomic E-state index is 0.286. The van der Waals surface area contributed by atoms with Gasteiger partial charge in [-0.05, 0) is 36.8 Å². The highest BCUT2D eigenvalue weighted by molar-refractivity contribution is 6.32. The summed E-state index contributed by atoms with van der Waals surface area (Å²) in [5, 5.41) is 12.5. The third kappa shape index (κ3) is 3.45. The number of hydrogen-bond acceptors (Lipinski definition) is 3. The Morgan fingerprint density at radius 1 is 1.33 bits per heavy atom. The monoisotopic (exact) mass is 304 g/mol. The van der Waals surface area contributed by atoms with Gasteiger partial charge in [0, 0.05) is 17.8 Å². The second-order valence-corrected chi connectivity index (χ2v) is 4.97. The number of nitrogens with zero attached hydrogens (tertiary/aromatic N) is 1. The topological polar surface area (TPSA) is 45.0 Å². The van der Waals surface area contributed by atoms with Crippen LogP contribution in [0.15, 0.2) is 30.3 Å². The molecule has 0 radical (unpaired) electrons. The predicted molar refractivity (Wildman–Crippen MR) is 81.2 cm³/mol. The van der Waals surface area contributed by atoms with Crippen molar-refractivity contribution < 1.29 is 9.13 Å². The molecular formula is C16H14ClFN2O. The lowest BCUT2D eigenvalue weighted by atomic mass is 10.1. The lowest BCUT2D eigenvalue weighted by molar-refractivity contribution is 0.415. The molecule has 0 aliphatic heterocycles. The molecule has 0 bridgehead atoms. The summed E-state index contributed by atoms with van der Waals surface area (Å²) in [5.74, 6) is 0.207. The Bertz CT molecular complexity index is 710. The van der Waals surface area contributed by atoms with Crippen LogP contribution in [0, 0.1) is 24.1 Å². The Hall–Kier alpha value is -2.25. The zero-order valence-corrected chi connectivity index (χ0v) is 12.5. The highest BCUT2D eigenvalue weighted by atomic mass is 35.5. The van der Waals surface area contributed by atoms with Crippen LogP contribution in [0.4, 0.5) is 10.1 Å². The van der Waals surface area contributed by atoms with Gasteiger partial charge in [0.25, 0.3) is 0 Å². The molecule has 2 rings (SSSR count). The van der Waals surface area contributed by atoms with Crippen molar-refractivity contribution >= 4 is 17.3 Å². The summed E-state index contributed by atoms with van der Waals surface area (Å²) in [7, 11) is 1.55. The van der Waals surface area contributed by atoms with Crippen LogP contribution < -0.4 is 10.1 Å². The van der Waals surface area contributed by atoms with Crippen molar-refractivity contribution in [3.63, 3.8) is 0 Å². The molecule has 0 spiro atoms. The molecule has 5 heteroatoms. The van der Waals surface area contributed by atoms with Crippen LogP contribution in [0.25, 0.3) is 0 Å². The van der Waals surface area contributed by atoms with Crippen LogP contribution in [-0.4, -0.2) is 7.11 Å². The van der Waals surface area contributed by atoms with Crippen LogP contribution in [-0.2, 0) is 6.54 Å². The molecule has 0 atom stereocenters. The SMILES string of the molecule is COc1ccc(CNc2cc(C#N)cc(F)c2C)cc1Cl. The van der Waals surface area contributed by atoms with Gasteiger partial charge in [0.2, 0.25) is 0 Å². The smallest absolute Gasteiger partial charge is 0.137 e. The second-order valence-electron chi connectivity index (χ2n) is 4.56. The molecule has 0 fully saturated rings. The number of benzene rings is 2. The number of nitrogens with one attached hydrogen (secondary N) is 1. The summed E-state index contributed by atoms with van der Waals surface area (Å²) in [6.45, 7) is 2.14. The minimum Gasteiger partial charge on any atom is -0.495 e. The molecule has 1 N–H and O–H groups in total. The average Bonchev–Trinajstić information content (AvgIpc) is 2.48. The highest BCUT2D eigenvalue weighted by Crippen LogP contribution is 2.26. The van der Waals surface area contributed by atoms with Gasteiger partial charge in [-0.15, -0.1) is 0 Å². The van der Waals surface area contributed by atoms with Gasteiger partial charge < -0.3 is 10.1 Å². The van der Waals surface area contributed by atoms with Crippen molar-refractivity contribution in [2.45, 2.75) is 13.5 Å². The number of ether oxygens (including phenoxy) is 1. The Morgan fingerprint density at radius 3 is 2.71 bits per heavy atom. The van der Waals surface area contributed by atoms with Gasteiger partial charge >= 0.3 is 0 Å². The molecule has 0 heterocycles. The van der Waals surface area contributed by atoms with Gasteiger partial charge in [0.15, 0.2) is 0 Å². The number of nitriles is 1. The van der Waals surface area contributed by atoms with Gasteiger partial charge in [-0.25, -0.2) is 4.39 Å². The van der Waals surface area contributed by atoms with Crippen molar-refractivity contribution in [1.82, 2.24) is 0 Å². The average molecular weight is 305 g/mol. The van der Waals surface area contributed by atoms with Gasteiger partial charge in [-0.1, -0.05) is 17.7 Å². The van der Waals surface area contributed by atoms with E-state index >= 15 is 0 Å². The number of methoxy groups -OCH3 is 1. The van der Waals surface area contributed by atoms with Crippen molar-refractivity contribution in [3.8, 4) is 11.8 Å². The summed E-state index contributed by atoms with van der Waals surface area (Å²) in [4.78, 5) is 0. The van der Waals surface area contributed by atoms with E-state index in [0.29, 0.717) is 28.6 Å². The minimum atomic E-state index is -0.399. The van der Waals surface area contributed by atoms with Crippen LogP contribution in [0.2, 0.25) is 5.02 Å². The molecule has 0 saturated heterocycles. The molecule has 108 valence electrons. The second kappa shape index (κ2) is 6.47. The first-order valence-electron chi connectivity index (χ1n) is 6.31. The molecule has 21 heavy (non-hydrogen) atoms. The van der Waals surface area contributed by atoms with E-state index in [1.165, 1.54) is 6.07 Å². The predicted octanol–water partition coefficient (Wildman–Crippen LogP) is 4.28. The number of halogens is 2. The lowest BCUT2D eigenvalue weighted by Crippen LogP contribution is -2.03. The fourth-order valence-corrected chi connectivity index (χ4v) is 2.22. The van der Waals surface area contributed by atoms with Crippen molar-refractivity contribution in [3.05, 3.63) is 57.9 Å². The highest BCUT2D eigenvalue weighted by Gasteiger charge is 2.08. The molecule has 0 aliphatic carbocycles. The summed E-state index contributed by atoms with van der Waals surface area (Å²) in [5.41, 5.74) is 2.29. The fraction of sp³-hybridized carbons (Fsp3) is 0.188. The van der Waals surface area contributed by atoms with Gasteiger partial charge in [0.05, 0.1) is 23.8 Å². The molecule has 0 amide bonds. The van der Waals surface area contributed by atoms with Crippen LogP contribution in [0.1, 0.15) is 16.7 Å². The summed E-state index contributed by atoms with van der Waals surface area (Å²) in [6, 6.07) is 10.2. The van der Waals surface area contributed by atoms with Crippen LogP contribution in [0.3, 0.4) is 0 Å². The molecule has 0 unspecified atom stereocenters. The van der Waals surface area contributed by atoms with Crippen molar-refractivity contribution in [1.29, 1.82) is 5.26 Å². The summed E-state index contributed by atoms with van der Waals surface area (Å²) < 4.78 is 18.8. The molecular weight excluding hydrogens is 291 g/mol. The van der Waals surface area contributed by atoms with E-state index in [-0.39, 0.29) is 5.56 Å². The zero-order chi connectivity index (χ0) is 15.4. The van der Waals surface area contributed by atoms with Gasteiger partial charge in [0.1, 0.15) is 11.6 Å². The summed E-state index contributed by atoms with van der Waals surface area (Å²) >= 11 is 6.06. The zero-order valence-electron chi connectivity index (χ0n) is 11.7. The Labute approximate surface area is 127 Å². The largest absolute Gasteiger partial charge is 0.495 e. The first-order valence-corrected chi connectivity index (χ1v) is 6.69. The maximum absolute atomic E-state index is 13.7. The van der Waals surface area contributed by atoms with E-state index in [9.17, 15) is 4.39 Å². The number of anilines is 1. The number of rotatable bonds is 4. The van der Waals surface area contributed by atoms with Crippen molar-refractivity contribution in [2.24, 2.45) is 0 Å².